The van der Waals surface area contributed by atoms with Crippen molar-refractivity contribution in [3.63, 3.8) is 0 Å². The van der Waals surface area contributed by atoms with E-state index >= 15 is 0 Å². The summed E-state index contributed by atoms with van der Waals surface area (Å²) in [5, 5.41) is 12.5. The molecule has 8 heteroatoms. The molecule has 4 aromatic heterocycles. The van der Waals surface area contributed by atoms with Gasteiger partial charge in [-0.05, 0) is 42.0 Å². The summed E-state index contributed by atoms with van der Waals surface area (Å²) >= 11 is 0. The van der Waals surface area contributed by atoms with E-state index in [1.807, 2.05) is 45.5 Å². The van der Waals surface area contributed by atoms with Gasteiger partial charge in [0.1, 0.15) is 22.8 Å². The van der Waals surface area contributed by atoms with Crippen molar-refractivity contribution in [2.24, 2.45) is 0 Å². The molecule has 0 aliphatic heterocycles. The molecule has 8 nitrogen and oxygen atoms in total. The molecule has 0 saturated heterocycles. The quantitative estimate of drug-likeness (QED) is 0.431. The number of nitriles is 1. The fourth-order valence-corrected chi connectivity index (χ4v) is 3.60. The topological polar surface area (TPSA) is 96.7 Å². The minimum atomic E-state index is -0.417. The van der Waals surface area contributed by atoms with Crippen LogP contribution in [0.15, 0.2) is 73.3 Å². The van der Waals surface area contributed by atoms with Crippen LogP contribution >= 0.6 is 0 Å². The van der Waals surface area contributed by atoms with Crippen molar-refractivity contribution in [3.05, 3.63) is 90.0 Å². The van der Waals surface area contributed by atoms with Crippen LogP contribution in [-0.2, 0) is 11.3 Å². The Morgan fingerprint density at radius 1 is 1.09 bits per heavy atom. The maximum Gasteiger partial charge on any atom is 0.339 e. The Hall–Kier alpha value is -4.64. The molecule has 5 aromatic rings. The van der Waals surface area contributed by atoms with E-state index in [-0.39, 0.29) is 0 Å². The van der Waals surface area contributed by atoms with Gasteiger partial charge in [-0.25, -0.2) is 14.8 Å². The SMILES string of the molecule is COC(=O)c1ccc2nc(-c3ccc4nccn4c3)c(NCc3ccc(C#N)cc3)n2c1. The number of pyridine rings is 2. The second-order valence-electron chi connectivity index (χ2n) is 7.22. The van der Waals surface area contributed by atoms with Crippen LogP contribution in [0.2, 0.25) is 0 Å². The van der Waals surface area contributed by atoms with Gasteiger partial charge in [0, 0.05) is 36.9 Å². The average Bonchev–Trinajstić information content (AvgIpc) is 3.46. The van der Waals surface area contributed by atoms with Crippen LogP contribution in [0.1, 0.15) is 21.5 Å². The van der Waals surface area contributed by atoms with E-state index in [4.69, 9.17) is 15.0 Å². The van der Waals surface area contributed by atoms with Crippen LogP contribution in [0.25, 0.3) is 22.6 Å². The monoisotopic (exact) mass is 422 g/mol. The summed E-state index contributed by atoms with van der Waals surface area (Å²) in [6.07, 6.45) is 7.32. The van der Waals surface area contributed by atoms with Gasteiger partial charge in [-0.15, -0.1) is 0 Å². The number of nitrogens with zero attached hydrogens (tertiary/aromatic N) is 5. The zero-order valence-corrected chi connectivity index (χ0v) is 17.2. The van der Waals surface area contributed by atoms with E-state index in [0.29, 0.717) is 23.3 Å². The highest BCUT2D eigenvalue weighted by molar-refractivity contribution is 5.90. The van der Waals surface area contributed by atoms with Gasteiger partial charge in [-0.2, -0.15) is 5.26 Å². The van der Waals surface area contributed by atoms with Crippen molar-refractivity contribution in [2.45, 2.75) is 6.54 Å². The fraction of sp³-hybridized carbons (Fsp3) is 0.0833. The van der Waals surface area contributed by atoms with E-state index in [1.165, 1.54) is 7.11 Å². The molecule has 0 bridgehead atoms. The zero-order valence-electron chi connectivity index (χ0n) is 17.2. The van der Waals surface area contributed by atoms with Gasteiger partial charge in [-0.3, -0.25) is 4.40 Å². The Morgan fingerprint density at radius 3 is 2.69 bits per heavy atom. The first-order valence-corrected chi connectivity index (χ1v) is 9.93. The molecule has 0 spiro atoms. The van der Waals surface area contributed by atoms with E-state index in [0.717, 1.165) is 28.3 Å². The third-order valence-electron chi connectivity index (χ3n) is 5.24. The summed E-state index contributed by atoms with van der Waals surface area (Å²) in [6.45, 7) is 0.516. The minimum Gasteiger partial charge on any atom is -0.465 e. The van der Waals surface area contributed by atoms with Gasteiger partial charge < -0.3 is 14.5 Å². The number of methoxy groups -OCH3 is 1. The highest BCUT2D eigenvalue weighted by Gasteiger charge is 2.17. The first kappa shape index (κ1) is 19.3. The van der Waals surface area contributed by atoms with Gasteiger partial charge in [0.15, 0.2) is 0 Å². The lowest BCUT2D eigenvalue weighted by Crippen LogP contribution is -2.06. The highest BCUT2D eigenvalue weighted by atomic mass is 16.5. The molecule has 156 valence electrons. The van der Waals surface area contributed by atoms with Crippen molar-refractivity contribution < 1.29 is 9.53 Å². The number of carbonyl (C=O) groups is 1. The number of aromatic nitrogens is 4. The Labute approximate surface area is 183 Å². The van der Waals surface area contributed by atoms with E-state index in [2.05, 4.69) is 16.4 Å². The van der Waals surface area contributed by atoms with E-state index in [9.17, 15) is 4.79 Å². The molecule has 5 rings (SSSR count). The molecule has 0 atom stereocenters. The first-order valence-electron chi connectivity index (χ1n) is 9.93. The number of carbonyl (C=O) groups excluding carboxylic acids is 1. The maximum absolute atomic E-state index is 12.1. The summed E-state index contributed by atoms with van der Waals surface area (Å²) in [6, 6.07) is 16.9. The van der Waals surface area contributed by atoms with Crippen LogP contribution in [0.4, 0.5) is 5.82 Å². The van der Waals surface area contributed by atoms with Crippen molar-refractivity contribution in [1.29, 1.82) is 5.26 Å². The molecular weight excluding hydrogens is 404 g/mol. The summed E-state index contributed by atoms with van der Waals surface area (Å²) in [5.41, 5.74) is 5.24. The van der Waals surface area contributed by atoms with Crippen LogP contribution in [-0.4, -0.2) is 31.8 Å². The van der Waals surface area contributed by atoms with Crippen LogP contribution < -0.4 is 5.32 Å². The molecule has 0 fully saturated rings. The van der Waals surface area contributed by atoms with Crippen molar-refractivity contribution in [3.8, 4) is 17.3 Å². The second kappa shape index (κ2) is 7.89. The number of rotatable bonds is 5. The number of fused-ring (bicyclic) bond motifs is 2. The van der Waals surface area contributed by atoms with Crippen molar-refractivity contribution in [2.75, 3.05) is 12.4 Å². The fourth-order valence-electron chi connectivity index (χ4n) is 3.60. The number of benzene rings is 1. The molecule has 1 N–H and O–H groups in total. The Kier molecular flexibility index (Phi) is 4.76. The van der Waals surface area contributed by atoms with Gasteiger partial charge >= 0.3 is 5.97 Å². The molecule has 1 aromatic carbocycles. The lowest BCUT2D eigenvalue weighted by Gasteiger charge is -2.10. The summed E-state index contributed by atoms with van der Waals surface area (Å²) in [5.74, 6) is 0.328. The molecule has 0 aliphatic rings. The van der Waals surface area contributed by atoms with Crippen LogP contribution in [0, 0.1) is 11.3 Å². The molecule has 0 amide bonds. The van der Waals surface area contributed by atoms with E-state index in [1.54, 1.807) is 36.7 Å². The van der Waals surface area contributed by atoms with Gasteiger partial charge in [0.2, 0.25) is 0 Å². The maximum atomic E-state index is 12.1. The lowest BCUT2D eigenvalue weighted by molar-refractivity contribution is 0.0600. The second-order valence-corrected chi connectivity index (χ2v) is 7.22. The zero-order chi connectivity index (χ0) is 22.1. The first-order chi connectivity index (χ1) is 15.7. The highest BCUT2D eigenvalue weighted by Crippen LogP contribution is 2.30. The van der Waals surface area contributed by atoms with Crippen LogP contribution in [0.3, 0.4) is 0 Å². The largest absolute Gasteiger partial charge is 0.465 e. The minimum absolute atomic E-state index is 0.417. The predicted molar refractivity (Wildman–Crippen MR) is 119 cm³/mol. The Morgan fingerprint density at radius 2 is 1.91 bits per heavy atom. The Bertz CT molecular complexity index is 1490. The van der Waals surface area contributed by atoms with Crippen molar-refractivity contribution >= 4 is 23.1 Å². The van der Waals surface area contributed by atoms with Gasteiger partial charge in [0.05, 0.1) is 24.3 Å². The van der Waals surface area contributed by atoms with Crippen LogP contribution in [0.5, 0.6) is 0 Å². The molecule has 0 radical (unpaired) electrons. The number of imidazole rings is 2. The number of hydrogen-bond acceptors (Lipinski definition) is 6. The summed E-state index contributed by atoms with van der Waals surface area (Å²) in [4.78, 5) is 21.2. The standard InChI is InChI=1S/C24H18N6O2/c1-32-24(31)19-7-9-21-28-22(18-6-8-20-26-10-11-29(20)14-18)23(30(21)15-19)27-13-17-4-2-16(12-25)3-5-17/h2-11,14-15,27H,13H2,1H3. The molecule has 4 heterocycles. The van der Waals surface area contributed by atoms with Gasteiger partial charge in [-0.1, -0.05) is 12.1 Å². The summed E-state index contributed by atoms with van der Waals surface area (Å²) in [7, 11) is 1.36. The molecular formula is C24H18N6O2. The van der Waals surface area contributed by atoms with Crippen molar-refractivity contribution in [1.82, 2.24) is 18.8 Å². The number of hydrogen-bond donors (Lipinski definition) is 1. The third kappa shape index (κ3) is 3.42. The molecule has 0 unspecified atom stereocenters. The predicted octanol–water partition coefficient (Wildman–Crippen LogP) is 3.92. The Balaban J connectivity index is 1.60. The lowest BCUT2D eigenvalue weighted by atomic mass is 10.1. The van der Waals surface area contributed by atoms with E-state index < -0.39 is 5.97 Å². The number of esters is 1. The summed E-state index contributed by atoms with van der Waals surface area (Å²) < 4.78 is 8.66. The average molecular weight is 422 g/mol. The number of nitrogens with one attached hydrogen (secondary N) is 1. The number of anilines is 1. The molecule has 0 aliphatic carbocycles. The third-order valence-corrected chi connectivity index (χ3v) is 5.24. The molecule has 0 saturated carbocycles. The van der Waals surface area contributed by atoms with Gasteiger partial charge in [0.25, 0.3) is 0 Å². The molecule has 32 heavy (non-hydrogen) atoms. The normalized spacial score (nSPS) is 10.9. The smallest absolute Gasteiger partial charge is 0.339 e. The number of ether oxygens (including phenoxy) is 1.